The van der Waals surface area contributed by atoms with Gasteiger partial charge in [-0.15, -0.1) is 0 Å². The van der Waals surface area contributed by atoms with Crippen LogP contribution in [0, 0.1) is 11.7 Å². The number of para-hydroxylation sites is 1. The van der Waals surface area contributed by atoms with Crippen molar-refractivity contribution in [3.05, 3.63) is 48.8 Å². The number of hydrogen-bond donors (Lipinski definition) is 1. The van der Waals surface area contributed by atoms with E-state index in [4.69, 9.17) is 0 Å². The summed E-state index contributed by atoms with van der Waals surface area (Å²) in [4.78, 5) is 29.8. The molecular formula is C17H19FN4O2. The number of halogens is 1. The summed E-state index contributed by atoms with van der Waals surface area (Å²) < 4.78 is 15.7. The Morgan fingerprint density at radius 3 is 2.96 bits per heavy atom. The largest absolute Gasteiger partial charge is 0.352 e. The lowest BCUT2D eigenvalue weighted by atomic mass is 10.1. The third-order valence-corrected chi connectivity index (χ3v) is 4.07. The number of anilines is 1. The number of amides is 2. The monoisotopic (exact) mass is 330 g/mol. The molecule has 1 aliphatic rings. The molecule has 24 heavy (non-hydrogen) atoms. The van der Waals surface area contributed by atoms with Crippen LogP contribution >= 0.6 is 0 Å². The number of nitrogens with zero attached hydrogens (tertiary/aromatic N) is 3. The highest BCUT2D eigenvalue weighted by molar-refractivity contribution is 6.00. The molecule has 2 aromatic rings. The van der Waals surface area contributed by atoms with Gasteiger partial charge in [0.15, 0.2) is 0 Å². The Bertz CT molecular complexity index is 732. The summed E-state index contributed by atoms with van der Waals surface area (Å²) in [5.41, 5.74) is 0.226. The summed E-state index contributed by atoms with van der Waals surface area (Å²) in [6.07, 6.45) is 5.28. The molecule has 1 aromatic carbocycles. The minimum atomic E-state index is -0.470. The van der Waals surface area contributed by atoms with E-state index in [9.17, 15) is 14.0 Å². The van der Waals surface area contributed by atoms with Crippen molar-refractivity contribution in [2.45, 2.75) is 25.9 Å². The van der Waals surface area contributed by atoms with Crippen LogP contribution < -0.4 is 10.2 Å². The molecular weight excluding hydrogens is 311 g/mol. The zero-order chi connectivity index (χ0) is 17.1. The zero-order valence-corrected chi connectivity index (χ0v) is 13.4. The zero-order valence-electron chi connectivity index (χ0n) is 13.4. The van der Waals surface area contributed by atoms with E-state index in [-0.39, 0.29) is 36.5 Å². The number of rotatable bonds is 5. The molecule has 2 amide bonds. The number of aromatic nitrogens is 2. The van der Waals surface area contributed by atoms with E-state index < -0.39 is 11.7 Å². The predicted molar refractivity (Wildman–Crippen MR) is 86.7 cm³/mol. The Morgan fingerprint density at radius 2 is 2.25 bits per heavy atom. The van der Waals surface area contributed by atoms with E-state index in [0.29, 0.717) is 6.54 Å². The molecule has 1 saturated heterocycles. The van der Waals surface area contributed by atoms with Crippen molar-refractivity contribution < 1.29 is 14.0 Å². The lowest BCUT2D eigenvalue weighted by Gasteiger charge is -2.19. The molecule has 0 unspecified atom stereocenters. The second-order valence-corrected chi connectivity index (χ2v) is 6.03. The van der Waals surface area contributed by atoms with Crippen molar-refractivity contribution in [2.75, 3.05) is 11.4 Å². The van der Waals surface area contributed by atoms with Crippen LogP contribution in [-0.4, -0.2) is 34.0 Å². The Morgan fingerprint density at radius 1 is 1.46 bits per heavy atom. The topological polar surface area (TPSA) is 67.2 Å². The fourth-order valence-electron chi connectivity index (χ4n) is 2.90. The van der Waals surface area contributed by atoms with Gasteiger partial charge in [0, 0.05) is 37.9 Å². The van der Waals surface area contributed by atoms with Crippen molar-refractivity contribution in [3.63, 3.8) is 0 Å². The second-order valence-electron chi connectivity index (χ2n) is 6.03. The normalized spacial score (nSPS) is 18.7. The first-order valence-electron chi connectivity index (χ1n) is 7.85. The highest BCUT2D eigenvalue weighted by Crippen LogP contribution is 2.27. The number of benzene rings is 1. The van der Waals surface area contributed by atoms with Crippen LogP contribution in [0.25, 0.3) is 0 Å². The molecule has 0 saturated carbocycles. The average molecular weight is 330 g/mol. The van der Waals surface area contributed by atoms with Crippen LogP contribution in [-0.2, 0) is 16.1 Å². The van der Waals surface area contributed by atoms with Gasteiger partial charge in [-0.1, -0.05) is 12.1 Å². The van der Waals surface area contributed by atoms with Gasteiger partial charge in [0.25, 0.3) is 0 Å². The van der Waals surface area contributed by atoms with Gasteiger partial charge in [-0.25, -0.2) is 9.37 Å². The van der Waals surface area contributed by atoms with Crippen LogP contribution in [0.5, 0.6) is 0 Å². The first kappa shape index (κ1) is 16.2. The number of nitrogens with one attached hydrogen (secondary N) is 1. The summed E-state index contributed by atoms with van der Waals surface area (Å²) in [5.74, 6) is -1.35. The third-order valence-electron chi connectivity index (χ3n) is 4.07. The lowest BCUT2D eigenvalue weighted by molar-refractivity contribution is -0.126. The minimum absolute atomic E-state index is 0.0932. The second kappa shape index (κ2) is 6.82. The fourth-order valence-corrected chi connectivity index (χ4v) is 2.90. The van der Waals surface area contributed by atoms with Crippen LogP contribution in [0.1, 0.15) is 13.3 Å². The van der Waals surface area contributed by atoms with Crippen molar-refractivity contribution in [3.8, 4) is 0 Å². The number of carbonyl (C=O) groups is 2. The van der Waals surface area contributed by atoms with Gasteiger partial charge in [-0.2, -0.15) is 0 Å². The maximum absolute atomic E-state index is 13.9. The standard InChI is InChI=1S/C17H19FN4O2/c1-12(9-21-7-6-19-11-21)20-17(24)13-8-16(23)22(10-13)15-5-3-2-4-14(15)18/h2-7,11-13H,8-10H2,1H3,(H,20,24)/t12-,13+/m1/s1. The molecule has 0 bridgehead atoms. The molecule has 2 heterocycles. The van der Waals surface area contributed by atoms with Gasteiger partial charge in [-0.3, -0.25) is 9.59 Å². The van der Waals surface area contributed by atoms with Crippen molar-refractivity contribution in [1.29, 1.82) is 0 Å². The maximum atomic E-state index is 13.9. The molecule has 6 nitrogen and oxygen atoms in total. The van der Waals surface area contributed by atoms with Gasteiger partial charge in [0.1, 0.15) is 5.82 Å². The molecule has 0 aliphatic carbocycles. The number of imidazole rings is 1. The maximum Gasteiger partial charge on any atom is 0.227 e. The molecule has 7 heteroatoms. The quantitative estimate of drug-likeness (QED) is 0.905. The fraction of sp³-hybridized carbons (Fsp3) is 0.353. The molecule has 0 radical (unpaired) electrons. The molecule has 126 valence electrons. The lowest BCUT2D eigenvalue weighted by Crippen LogP contribution is -2.40. The van der Waals surface area contributed by atoms with Crippen LogP contribution in [0.15, 0.2) is 43.0 Å². The molecule has 1 aliphatic heterocycles. The van der Waals surface area contributed by atoms with Crippen LogP contribution in [0.4, 0.5) is 10.1 Å². The number of carbonyl (C=O) groups excluding carboxylic acids is 2. The number of hydrogen-bond acceptors (Lipinski definition) is 3. The Kier molecular flexibility index (Phi) is 4.59. The molecule has 2 atom stereocenters. The molecule has 1 fully saturated rings. The predicted octanol–water partition coefficient (Wildman–Crippen LogP) is 1.58. The highest BCUT2D eigenvalue weighted by Gasteiger charge is 2.36. The molecule has 0 spiro atoms. The van der Waals surface area contributed by atoms with Crippen molar-refractivity contribution >= 4 is 17.5 Å². The summed E-state index contributed by atoms with van der Waals surface area (Å²) in [7, 11) is 0. The van der Waals surface area contributed by atoms with Crippen molar-refractivity contribution in [1.82, 2.24) is 14.9 Å². The average Bonchev–Trinajstić information content (AvgIpc) is 3.17. The van der Waals surface area contributed by atoms with E-state index in [0.717, 1.165) is 0 Å². The van der Waals surface area contributed by atoms with Crippen molar-refractivity contribution in [2.24, 2.45) is 5.92 Å². The summed E-state index contributed by atoms with van der Waals surface area (Å²) in [6.45, 7) is 2.69. The first-order valence-corrected chi connectivity index (χ1v) is 7.85. The summed E-state index contributed by atoms with van der Waals surface area (Å²) in [5, 5.41) is 2.91. The van der Waals surface area contributed by atoms with E-state index in [1.807, 2.05) is 17.7 Å². The smallest absolute Gasteiger partial charge is 0.227 e. The van der Waals surface area contributed by atoms with Crippen LogP contribution in [0.2, 0.25) is 0 Å². The molecule has 1 N–H and O–H groups in total. The Labute approximate surface area is 139 Å². The molecule has 1 aromatic heterocycles. The van der Waals surface area contributed by atoms with E-state index >= 15 is 0 Å². The van der Waals surface area contributed by atoms with Gasteiger partial charge in [0.05, 0.1) is 17.9 Å². The third kappa shape index (κ3) is 3.45. The minimum Gasteiger partial charge on any atom is -0.352 e. The van der Waals surface area contributed by atoms with Crippen LogP contribution in [0.3, 0.4) is 0 Å². The Hall–Kier alpha value is -2.70. The van der Waals surface area contributed by atoms with Gasteiger partial charge >= 0.3 is 0 Å². The Balaban J connectivity index is 1.61. The summed E-state index contributed by atoms with van der Waals surface area (Å²) in [6, 6.07) is 6.01. The van der Waals surface area contributed by atoms with E-state index in [1.165, 1.54) is 11.0 Å². The van der Waals surface area contributed by atoms with Gasteiger partial charge < -0.3 is 14.8 Å². The molecule has 3 rings (SSSR count). The SMILES string of the molecule is C[C@H](Cn1ccnc1)NC(=O)[C@H]1CC(=O)N(c2ccccc2F)C1. The highest BCUT2D eigenvalue weighted by atomic mass is 19.1. The van der Waals surface area contributed by atoms with Gasteiger partial charge in [-0.05, 0) is 19.1 Å². The van der Waals surface area contributed by atoms with E-state index in [2.05, 4.69) is 10.3 Å². The van der Waals surface area contributed by atoms with E-state index in [1.54, 1.807) is 30.7 Å². The van der Waals surface area contributed by atoms with Gasteiger partial charge in [0.2, 0.25) is 11.8 Å². The summed E-state index contributed by atoms with van der Waals surface area (Å²) >= 11 is 0. The first-order chi connectivity index (χ1) is 11.5.